The van der Waals surface area contributed by atoms with Crippen LogP contribution in [0.5, 0.6) is 11.5 Å². The summed E-state index contributed by atoms with van der Waals surface area (Å²) in [6, 6.07) is 14.5. The zero-order chi connectivity index (χ0) is 25.8. The van der Waals surface area contributed by atoms with Crippen molar-refractivity contribution in [3.05, 3.63) is 71.8 Å². The molecule has 0 aliphatic carbocycles. The first-order valence-electron chi connectivity index (χ1n) is 12.9. The maximum Gasteiger partial charge on any atom is 0.141 e. The number of rotatable bonds is 7. The second-order valence-electron chi connectivity index (χ2n) is 9.90. The molecule has 9 heteroatoms. The first-order chi connectivity index (χ1) is 18.0. The Balaban J connectivity index is 1.27. The second kappa shape index (κ2) is 11.2. The molecule has 4 N–H and O–H groups in total. The Morgan fingerprint density at radius 1 is 1.00 bits per heavy atom. The second-order valence-corrected chi connectivity index (χ2v) is 9.90. The van der Waals surface area contributed by atoms with Gasteiger partial charge in [0.25, 0.3) is 0 Å². The first-order valence-corrected chi connectivity index (χ1v) is 12.9. The van der Waals surface area contributed by atoms with Gasteiger partial charge in [0.2, 0.25) is 0 Å². The fourth-order valence-electron chi connectivity index (χ4n) is 5.24. The molecule has 5 rings (SSSR count). The van der Waals surface area contributed by atoms with Crippen LogP contribution in [0.25, 0.3) is 0 Å². The van der Waals surface area contributed by atoms with Crippen molar-refractivity contribution in [3.63, 3.8) is 0 Å². The molecule has 194 valence electrons. The van der Waals surface area contributed by atoms with Crippen LogP contribution in [-0.4, -0.2) is 70.8 Å². The van der Waals surface area contributed by atoms with E-state index in [0.29, 0.717) is 28.9 Å². The Kier molecular flexibility index (Phi) is 7.62. The van der Waals surface area contributed by atoms with Gasteiger partial charge in [0.05, 0.1) is 11.3 Å². The zero-order valence-corrected chi connectivity index (χ0v) is 21.2. The minimum atomic E-state index is -0.570. The van der Waals surface area contributed by atoms with E-state index in [4.69, 9.17) is 15.9 Å². The lowest BCUT2D eigenvalue weighted by Gasteiger charge is -2.41. The molecule has 37 heavy (non-hydrogen) atoms. The highest BCUT2D eigenvalue weighted by Crippen LogP contribution is 2.29. The topological polar surface area (TPSA) is 103 Å². The molecule has 0 atom stereocenters. The maximum atomic E-state index is 15.1. The molecule has 0 bridgehead atoms. The van der Waals surface area contributed by atoms with Crippen molar-refractivity contribution in [1.82, 2.24) is 19.8 Å². The first kappa shape index (κ1) is 25.1. The number of likely N-dealkylation sites (tertiary alicyclic amines) is 2. The molecule has 1 aromatic heterocycles. The fraction of sp³-hybridized carbons (Fsp3) is 0.393. The van der Waals surface area contributed by atoms with E-state index in [9.17, 15) is 0 Å². The van der Waals surface area contributed by atoms with Crippen LogP contribution in [0, 0.1) is 11.2 Å². The summed E-state index contributed by atoms with van der Waals surface area (Å²) >= 11 is 0. The zero-order valence-electron chi connectivity index (χ0n) is 21.2. The molecule has 2 fully saturated rings. The van der Waals surface area contributed by atoms with Crippen molar-refractivity contribution >= 4 is 17.3 Å². The summed E-state index contributed by atoms with van der Waals surface area (Å²) < 4.78 is 20.9. The summed E-state index contributed by atoms with van der Waals surface area (Å²) in [6.07, 6.45) is 5.78. The highest BCUT2D eigenvalue weighted by atomic mass is 19.1. The quantitative estimate of drug-likeness (QED) is 0.411. The van der Waals surface area contributed by atoms with Crippen LogP contribution in [-0.2, 0) is 0 Å². The van der Waals surface area contributed by atoms with Crippen LogP contribution in [0.1, 0.15) is 36.8 Å². The van der Waals surface area contributed by atoms with E-state index in [1.54, 1.807) is 18.2 Å². The lowest BCUT2D eigenvalue weighted by molar-refractivity contribution is 0.0993. The summed E-state index contributed by atoms with van der Waals surface area (Å²) in [5.41, 5.74) is 6.55. The highest BCUT2D eigenvalue weighted by Gasteiger charge is 2.28. The minimum absolute atomic E-state index is 0.0619. The number of nitrogens with zero attached hydrogens (tertiary/aromatic N) is 4. The van der Waals surface area contributed by atoms with Crippen molar-refractivity contribution < 1.29 is 9.13 Å². The Morgan fingerprint density at radius 3 is 2.43 bits per heavy atom. The van der Waals surface area contributed by atoms with Gasteiger partial charge in [-0.25, -0.2) is 14.4 Å². The number of halogens is 1. The van der Waals surface area contributed by atoms with Gasteiger partial charge in [0, 0.05) is 36.8 Å². The third-order valence-electron chi connectivity index (χ3n) is 7.39. The SMILES string of the molecule is CN1CCC(N2CCC(Nc3ncnc(N)c3C(=N)c3ccc(Oc4ccccc4)cc3F)CC2)CC1. The van der Waals surface area contributed by atoms with Crippen molar-refractivity contribution in [3.8, 4) is 11.5 Å². The Labute approximate surface area is 217 Å². The predicted octanol–water partition coefficient (Wildman–Crippen LogP) is 4.38. The number of benzene rings is 2. The van der Waals surface area contributed by atoms with Crippen molar-refractivity contribution in [1.29, 1.82) is 5.41 Å². The van der Waals surface area contributed by atoms with Crippen LogP contribution >= 0.6 is 0 Å². The van der Waals surface area contributed by atoms with Gasteiger partial charge < -0.3 is 25.6 Å². The van der Waals surface area contributed by atoms with Gasteiger partial charge in [-0.15, -0.1) is 0 Å². The molecule has 0 radical (unpaired) electrons. The van der Waals surface area contributed by atoms with Gasteiger partial charge in [-0.3, -0.25) is 5.41 Å². The molecular formula is C28H34FN7O. The Bertz CT molecular complexity index is 1220. The van der Waals surface area contributed by atoms with Gasteiger partial charge in [-0.05, 0) is 70.1 Å². The molecule has 0 unspecified atom stereocenters. The van der Waals surface area contributed by atoms with E-state index in [1.807, 2.05) is 18.2 Å². The molecular weight excluding hydrogens is 469 g/mol. The normalized spacial score (nSPS) is 18.0. The molecule has 8 nitrogen and oxygen atoms in total. The number of anilines is 2. The number of hydrogen-bond donors (Lipinski definition) is 3. The number of nitrogens with one attached hydrogen (secondary N) is 2. The van der Waals surface area contributed by atoms with Crippen LogP contribution in [0.2, 0.25) is 0 Å². The third kappa shape index (κ3) is 5.89. The van der Waals surface area contributed by atoms with Crippen LogP contribution < -0.4 is 15.8 Å². The average Bonchev–Trinajstić information content (AvgIpc) is 2.90. The molecule has 0 saturated carbocycles. The summed E-state index contributed by atoms with van der Waals surface area (Å²) in [5.74, 6) is 1.01. The standard InChI is InChI=1S/C28H34FN7O/c1-35-13-11-20(12-14-35)36-15-9-19(10-16-36)34-28-25(27(31)32-18-33-28)26(30)23-8-7-22(17-24(23)29)37-21-5-3-2-4-6-21/h2-8,17-20,30H,9-16H2,1H3,(H3,31,32,33,34). The highest BCUT2D eigenvalue weighted by molar-refractivity contribution is 6.16. The van der Waals surface area contributed by atoms with Gasteiger partial charge >= 0.3 is 0 Å². The van der Waals surface area contributed by atoms with Crippen molar-refractivity contribution in [2.75, 3.05) is 44.3 Å². The number of nitrogen functional groups attached to an aromatic ring is 1. The molecule has 3 heterocycles. The number of piperidine rings is 2. The van der Waals surface area contributed by atoms with Gasteiger partial charge in [-0.2, -0.15) is 0 Å². The van der Waals surface area contributed by atoms with E-state index in [-0.39, 0.29) is 23.1 Å². The van der Waals surface area contributed by atoms with E-state index in [2.05, 4.69) is 32.1 Å². The number of para-hydroxylation sites is 1. The molecule has 0 amide bonds. The van der Waals surface area contributed by atoms with Crippen LogP contribution in [0.3, 0.4) is 0 Å². The number of ether oxygens (including phenoxy) is 1. The smallest absolute Gasteiger partial charge is 0.141 e. The summed E-state index contributed by atoms with van der Waals surface area (Å²) in [6.45, 7) is 4.36. The molecule has 0 spiro atoms. The lowest BCUT2D eigenvalue weighted by Crippen LogP contribution is -2.48. The average molecular weight is 504 g/mol. The molecule has 2 aliphatic rings. The lowest BCUT2D eigenvalue weighted by atomic mass is 9.97. The summed E-state index contributed by atoms with van der Waals surface area (Å²) in [7, 11) is 2.19. The summed E-state index contributed by atoms with van der Waals surface area (Å²) in [4.78, 5) is 13.5. The molecule has 2 aromatic carbocycles. The van der Waals surface area contributed by atoms with Crippen molar-refractivity contribution in [2.45, 2.75) is 37.8 Å². The summed E-state index contributed by atoms with van der Waals surface area (Å²) in [5, 5.41) is 12.3. The predicted molar refractivity (Wildman–Crippen MR) is 144 cm³/mol. The fourth-order valence-corrected chi connectivity index (χ4v) is 5.24. The molecule has 2 saturated heterocycles. The largest absolute Gasteiger partial charge is 0.457 e. The van der Waals surface area contributed by atoms with Gasteiger partial charge in [0.1, 0.15) is 35.3 Å². The Morgan fingerprint density at radius 2 is 1.73 bits per heavy atom. The van der Waals surface area contributed by atoms with E-state index in [0.717, 1.165) is 39.0 Å². The third-order valence-corrected chi connectivity index (χ3v) is 7.39. The minimum Gasteiger partial charge on any atom is -0.457 e. The number of nitrogens with two attached hydrogens (primary N) is 1. The van der Waals surface area contributed by atoms with Crippen LogP contribution in [0.15, 0.2) is 54.9 Å². The van der Waals surface area contributed by atoms with Crippen LogP contribution in [0.4, 0.5) is 16.0 Å². The van der Waals surface area contributed by atoms with Gasteiger partial charge in [0.15, 0.2) is 0 Å². The van der Waals surface area contributed by atoms with Crippen molar-refractivity contribution in [2.24, 2.45) is 0 Å². The van der Waals surface area contributed by atoms with Gasteiger partial charge in [-0.1, -0.05) is 18.2 Å². The van der Waals surface area contributed by atoms with E-state index >= 15 is 4.39 Å². The van der Waals surface area contributed by atoms with E-state index < -0.39 is 5.82 Å². The maximum absolute atomic E-state index is 15.1. The number of hydrogen-bond acceptors (Lipinski definition) is 8. The van der Waals surface area contributed by atoms with E-state index in [1.165, 1.54) is 31.3 Å². The monoisotopic (exact) mass is 503 g/mol. The number of aromatic nitrogens is 2. The molecule has 2 aliphatic heterocycles. The molecule has 3 aromatic rings. The Hall–Kier alpha value is -3.56.